The molecule has 0 spiro atoms. The molecule has 0 radical (unpaired) electrons. The zero-order valence-electron chi connectivity index (χ0n) is 18.7. The second-order valence-electron chi connectivity index (χ2n) is 7.00. The van der Waals surface area contributed by atoms with E-state index in [0.29, 0.717) is 18.8 Å². The molecule has 0 saturated carbocycles. The van der Waals surface area contributed by atoms with E-state index in [2.05, 4.69) is 10.2 Å². The Morgan fingerprint density at radius 3 is 2.27 bits per heavy atom. The van der Waals surface area contributed by atoms with Gasteiger partial charge in [-0.15, -0.1) is 5.11 Å². The highest BCUT2D eigenvalue weighted by Crippen LogP contribution is 2.33. The fourth-order valence-electron chi connectivity index (χ4n) is 2.81. The lowest BCUT2D eigenvalue weighted by Crippen LogP contribution is -2.32. The molecule has 11 heteroatoms. The predicted molar refractivity (Wildman–Crippen MR) is 120 cm³/mol. The molecule has 0 aliphatic carbocycles. The molecular formula is C22H26N4O7. The molecule has 0 aromatic heterocycles. The molecule has 0 aliphatic rings. The van der Waals surface area contributed by atoms with Gasteiger partial charge in [-0.05, 0) is 36.8 Å². The van der Waals surface area contributed by atoms with Gasteiger partial charge in [0.25, 0.3) is 5.69 Å². The van der Waals surface area contributed by atoms with Crippen LogP contribution in [0.5, 0.6) is 5.75 Å². The van der Waals surface area contributed by atoms with Gasteiger partial charge < -0.3 is 19.5 Å². The fourth-order valence-corrected chi connectivity index (χ4v) is 2.81. The smallest absolute Gasteiger partial charge is 0.305 e. The highest BCUT2D eigenvalue weighted by molar-refractivity contribution is 5.69. The van der Waals surface area contributed by atoms with E-state index >= 15 is 0 Å². The topological polar surface area (TPSA) is 144 Å². The number of carbonyl (C=O) groups is 2. The number of nitrogens with zero attached hydrogens (tertiary/aromatic N) is 4. The van der Waals surface area contributed by atoms with Crippen molar-refractivity contribution < 1.29 is 29.1 Å². The minimum atomic E-state index is -0.611. The van der Waals surface area contributed by atoms with Crippen LogP contribution in [0.25, 0.3) is 0 Å². The summed E-state index contributed by atoms with van der Waals surface area (Å²) in [5, 5.41) is 28.8. The van der Waals surface area contributed by atoms with Crippen LogP contribution in [0.15, 0.2) is 46.6 Å². The number of non-ortho nitro benzene ring substituents is 1. The summed E-state index contributed by atoms with van der Waals surface area (Å²) in [6.45, 7) is 6.05. The second-order valence-corrected chi connectivity index (χ2v) is 7.00. The fraction of sp³-hybridized carbons (Fsp3) is 0.364. The van der Waals surface area contributed by atoms with E-state index in [0.717, 1.165) is 17.3 Å². The van der Waals surface area contributed by atoms with Gasteiger partial charge in [-0.2, -0.15) is 5.11 Å². The number of nitro benzene ring substituents is 1. The molecule has 2 rings (SSSR count). The van der Waals surface area contributed by atoms with Gasteiger partial charge in [0, 0.05) is 25.1 Å². The maximum Gasteiger partial charge on any atom is 0.305 e. The number of azo groups is 1. The number of hydrogen-bond acceptors (Lipinski definition) is 10. The van der Waals surface area contributed by atoms with Crippen LogP contribution < -0.4 is 4.90 Å². The van der Waals surface area contributed by atoms with Crippen LogP contribution >= 0.6 is 0 Å². The van der Waals surface area contributed by atoms with Crippen LogP contribution in [0.3, 0.4) is 0 Å². The van der Waals surface area contributed by atoms with Crippen LogP contribution in [0, 0.1) is 17.0 Å². The molecule has 0 atom stereocenters. The summed E-state index contributed by atoms with van der Waals surface area (Å²) in [4.78, 5) is 34.6. The van der Waals surface area contributed by atoms with Gasteiger partial charge in [-0.3, -0.25) is 19.7 Å². The molecule has 0 fully saturated rings. The van der Waals surface area contributed by atoms with Crippen molar-refractivity contribution in [3.05, 3.63) is 52.1 Å². The van der Waals surface area contributed by atoms with E-state index in [-0.39, 0.29) is 48.7 Å². The van der Waals surface area contributed by atoms with Crippen LogP contribution in [0.1, 0.15) is 25.8 Å². The highest BCUT2D eigenvalue weighted by atomic mass is 16.6. The van der Waals surface area contributed by atoms with E-state index in [1.807, 2.05) is 17.9 Å². The van der Waals surface area contributed by atoms with Crippen LogP contribution in [0.4, 0.5) is 22.7 Å². The number of nitro groups is 1. The molecule has 0 unspecified atom stereocenters. The molecule has 11 nitrogen and oxygen atoms in total. The van der Waals surface area contributed by atoms with Crippen molar-refractivity contribution in [1.82, 2.24) is 0 Å². The van der Waals surface area contributed by atoms with Crippen molar-refractivity contribution in [3.8, 4) is 5.75 Å². The first-order valence-electron chi connectivity index (χ1n) is 10.2. The maximum atomic E-state index is 11.4. The number of phenols is 1. The third kappa shape index (κ3) is 7.87. The van der Waals surface area contributed by atoms with Crippen molar-refractivity contribution in [1.29, 1.82) is 0 Å². The Balaban J connectivity index is 2.16. The molecule has 176 valence electrons. The lowest BCUT2D eigenvalue weighted by atomic mass is 10.1. The number of aromatic hydroxyl groups is 1. The molecule has 2 aromatic rings. The molecule has 33 heavy (non-hydrogen) atoms. The Hall–Kier alpha value is -4.02. The Kier molecular flexibility index (Phi) is 9.28. The molecular weight excluding hydrogens is 432 g/mol. The van der Waals surface area contributed by atoms with Crippen LogP contribution in [0.2, 0.25) is 0 Å². The Labute approximate surface area is 190 Å². The Morgan fingerprint density at radius 1 is 1.06 bits per heavy atom. The van der Waals surface area contributed by atoms with Gasteiger partial charge in [-0.1, -0.05) is 6.92 Å². The number of ether oxygens (including phenoxy) is 2. The average Bonchev–Trinajstić information content (AvgIpc) is 2.77. The summed E-state index contributed by atoms with van der Waals surface area (Å²) in [5.74, 6) is -1.02. The number of anilines is 1. The van der Waals surface area contributed by atoms with Crippen LogP contribution in [-0.2, 0) is 19.1 Å². The lowest BCUT2D eigenvalue weighted by Gasteiger charge is -2.25. The molecule has 0 amide bonds. The van der Waals surface area contributed by atoms with Gasteiger partial charge in [0.1, 0.15) is 24.7 Å². The molecule has 2 aromatic carbocycles. The number of carbonyl (C=O) groups excluding carboxylic acids is 2. The van der Waals surface area contributed by atoms with E-state index in [1.165, 1.54) is 19.1 Å². The van der Waals surface area contributed by atoms with Crippen molar-refractivity contribution in [2.24, 2.45) is 10.2 Å². The first kappa shape index (κ1) is 25.2. The summed E-state index contributed by atoms with van der Waals surface area (Å²) in [7, 11) is 0. The summed E-state index contributed by atoms with van der Waals surface area (Å²) < 4.78 is 10.2. The number of benzene rings is 2. The molecule has 0 saturated heterocycles. The summed E-state index contributed by atoms with van der Waals surface area (Å²) in [6.07, 6.45) is 0.288. The van der Waals surface area contributed by atoms with Crippen molar-refractivity contribution in [3.63, 3.8) is 0 Å². The zero-order valence-corrected chi connectivity index (χ0v) is 18.7. The Bertz CT molecular complexity index is 1040. The maximum absolute atomic E-state index is 11.4. The minimum Gasteiger partial charge on any atom is -0.505 e. The summed E-state index contributed by atoms with van der Waals surface area (Å²) in [6, 6.07) is 8.95. The molecule has 0 heterocycles. The molecule has 0 aliphatic heterocycles. The summed E-state index contributed by atoms with van der Waals surface area (Å²) >= 11 is 0. The van der Waals surface area contributed by atoms with Crippen molar-refractivity contribution in [2.45, 2.75) is 27.2 Å². The zero-order chi connectivity index (χ0) is 24.4. The standard InChI is InChI=1S/C22H26N4O7/c1-4-22(29)33-12-10-25(9-11-32-16(3)27)17-5-7-19(15(2)13-17)23-24-20-8-6-18(26(30)31)14-21(20)28/h5-8,13-14,28H,4,9-12H2,1-3H3. The minimum absolute atomic E-state index is 0.102. The lowest BCUT2D eigenvalue weighted by molar-refractivity contribution is -0.384. The van der Waals surface area contributed by atoms with Gasteiger partial charge in [0.15, 0.2) is 0 Å². The van der Waals surface area contributed by atoms with E-state index in [9.17, 15) is 24.8 Å². The van der Waals surface area contributed by atoms with Crippen LogP contribution in [-0.4, -0.2) is 48.3 Å². The third-order valence-electron chi connectivity index (χ3n) is 4.56. The van der Waals surface area contributed by atoms with E-state index in [4.69, 9.17) is 9.47 Å². The molecule has 1 N–H and O–H groups in total. The first-order valence-corrected chi connectivity index (χ1v) is 10.2. The SMILES string of the molecule is CCC(=O)OCCN(CCOC(C)=O)c1ccc(N=Nc2ccc([N+](=O)[O-])cc2O)c(C)c1. The van der Waals surface area contributed by atoms with Gasteiger partial charge >= 0.3 is 11.9 Å². The average molecular weight is 458 g/mol. The predicted octanol–water partition coefficient (Wildman–Crippen LogP) is 4.35. The van der Waals surface area contributed by atoms with Crippen molar-refractivity contribution in [2.75, 3.05) is 31.2 Å². The normalized spacial score (nSPS) is 10.8. The first-order chi connectivity index (χ1) is 15.7. The number of aryl methyl sites for hydroxylation is 1. The second kappa shape index (κ2) is 12.1. The van der Waals surface area contributed by atoms with Crippen molar-refractivity contribution >= 4 is 34.7 Å². The van der Waals surface area contributed by atoms with E-state index in [1.54, 1.807) is 19.1 Å². The van der Waals surface area contributed by atoms with E-state index < -0.39 is 4.92 Å². The number of esters is 2. The quantitative estimate of drug-likeness (QED) is 0.226. The Morgan fingerprint density at radius 2 is 1.70 bits per heavy atom. The summed E-state index contributed by atoms with van der Waals surface area (Å²) in [5.41, 5.74) is 1.98. The van der Waals surface area contributed by atoms with Gasteiger partial charge in [-0.25, -0.2) is 0 Å². The monoisotopic (exact) mass is 458 g/mol. The van der Waals surface area contributed by atoms with Gasteiger partial charge in [0.05, 0.1) is 29.8 Å². The van der Waals surface area contributed by atoms with Gasteiger partial charge in [0.2, 0.25) is 0 Å². The number of phenolic OH excluding ortho intramolecular Hbond substituents is 1. The molecule has 0 bridgehead atoms. The number of rotatable bonds is 11. The third-order valence-corrected chi connectivity index (χ3v) is 4.56. The largest absolute Gasteiger partial charge is 0.505 e. The highest BCUT2D eigenvalue weighted by Gasteiger charge is 2.12. The number of hydrogen-bond donors (Lipinski definition) is 1.